The van der Waals surface area contributed by atoms with Gasteiger partial charge >= 0.3 is 0 Å². The third kappa shape index (κ3) is 5.98. The van der Waals surface area contributed by atoms with Gasteiger partial charge in [0.25, 0.3) is 0 Å². The molecule has 3 N–H and O–H groups in total. The average Bonchev–Trinajstić information content (AvgIpc) is 3.27. The number of nitrogens with zero attached hydrogens (tertiary/aromatic N) is 1. The standard InChI is InChI=1S/C18H26ClN3O2.2ClH/c19-14-5-3-4-13(10-14)16(22-8-1-2-9-22)12-21-18(23)17-7-6-15(11-20)24-17;;/h3-5,10,15-17H,1-2,6-9,11-12,20H2,(H,21,23);2*1H/t15-,16?,17+;;/m1../s1. The van der Waals surface area contributed by atoms with E-state index in [1.54, 1.807) is 0 Å². The first-order valence-corrected chi connectivity index (χ1v) is 9.18. The van der Waals surface area contributed by atoms with E-state index in [0.29, 0.717) is 13.1 Å². The molecule has 0 aromatic heterocycles. The number of nitrogens with two attached hydrogens (primary N) is 1. The van der Waals surface area contributed by atoms with Crippen LogP contribution in [-0.4, -0.2) is 49.2 Å². The molecule has 0 bridgehead atoms. The molecule has 0 spiro atoms. The largest absolute Gasteiger partial charge is 0.364 e. The molecule has 2 fully saturated rings. The summed E-state index contributed by atoms with van der Waals surface area (Å²) < 4.78 is 5.68. The summed E-state index contributed by atoms with van der Waals surface area (Å²) in [5, 5.41) is 3.80. The van der Waals surface area contributed by atoms with Crippen molar-refractivity contribution in [3.05, 3.63) is 34.9 Å². The highest BCUT2D eigenvalue weighted by molar-refractivity contribution is 6.30. The molecule has 5 nitrogen and oxygen atoms in total. The van der Waals surface area contributed by atoms with E-state index < -0.39 is 0 Å². The van der Waals surface area contributed by atoms with E-state index in [9.17, 15) is 4.79 Å². The Labute approximate surface area is 172 Å². The van der Waals surface area contributed by atoms with Gasteiger partial charge in [-0.3, -0.25) is 9.69 Å². The van der Waals surface area contributed by atoms with Crippen molar-refractivity contribution in [2.45, 2.75) is 43.9 Å². The summed E-state index contributed by atoms with van der Waals surface area (Å²) in [4.78, 5) is 14.8. The van der Waals surface area contributed by atoms with Gasteiger partial charge in [-0.05, 0) is 56.5 Å². The van der Waals surface area contributed by atoms with Crippen molar-refractivity contribution in [3.8, 4) is 0 Å². The Hall–Kier alpha value is -0.560. The lowest BCUT2D eigenvalue weighted by Crippen LogP contribution is -2.41. The van der Waals surface area contributed by atoms with E-state index in [-0.39, 0.29) is 49.0 Å². The predicted octanol–water partition coefficient (Wildman–Crippen LogP) is 2.94. The Morgan fingerprint density at radius 1 is 1.31 bits per heavy atom. The van der Waals surface area contributed by atoms with Gasteiger partial charge in [-0.2, -0.15) is 0 Å². The van der Waals surface area contributed by atoms with Gasteiger partial charge in [0.1, 0.15) is 6.10 Å². The molecule has 148 valence electrons. The second kappa shape index (κ2) is 11.3. The van der Waals surface area contributed by atoms with E-state index in [2.05, 4.69) is 16.3 Å². The molecule has 2 aliphatic heterocycles. The molecule has 0 radical (unpaired) electrons. The van der Waals surface area contributed by atoms with Crippen molar-refractivity contribution in [2.24, 2.45) is 5.73 Å². The van der Waals surface area contributed by atoms with E-state index in [0.717, 1.165) is 36.5 Å². The minimum atomic E-state index is -0.364. The summed E-state index contributed by atoms with van der Waals surface area (Å²) in [6.07, 6.45) is 3.67. The van der Waals surface area contributed by atoms with Crippen LogP contribution in [0.2, 0.25) is 5.02 Å². The second-order valence-electron chi connectivity index (χ2n) is 6.62. The van der Waals surface area contributed by atoms with Crippen molar-refractivity contribution < 1.29 is 9.53 Å². The molecule has 8 heteroatoms. The zero-order valence-corrected chi connectivity index (χ0v) is 17.1. The number of ether oxygens (including phenoxy) is 1. The van der Waals surface area contributed by atoms with Crippen LogP contribution in [0.1, 0.15) is 37.3 Å². The lowest BCUT2D eigenvalue weighted by Gasteiger charge is -2.28. The van der Waals surface area contributed by atoms with Crippen LogP contribution in [0.25, 0.3) is 0 Å². The van der Waals surface area contributed by atoms with Gasteiger partial charge < -0.3 is 15.8 Å². The molecular formula is C18H28Cl3N3O2. The molecular weight excluding hydrogens is 397 g/mol. The number of amides is 1. The lowest BCUT2D eigenvalue weighted by molar-refractivity contribution is -0.132. The summed E-state index contributed by atoms with van der Waals surface area (Å²) in [6, 6.07) is 8.07. The van der Waals surface area contributed by atoms with Crippen LogP contribution in [0.15, 0.2) is 24.3 Å². The Morgan fingerprint density at radius 3 is 2.65 bits per heavy atom. The molecule has 1 aromatic rings. The number of hydrogen-bond acceptors (Lipinski definition) is 4. The van der Waals surface area contributed by atoms with Gasteiger partial charge in [-0.15, -0.1) is 24.8 Å². The summed E-state index contributed by atoms with van der Waals surface area (Å²) >= 11 is 6.16. The number of carbonyl (C=O) groups is 1. The molecule has 3 atom stereocenters. The number of halogens is 3. The Kier molecular flexibility index (Phi) is 10.2. The fourth-order valence-electron chi connectivity index (χ4n) is 3.61. The molecule has 26 heavy (non-hydrogen) atoms. The minimum absolute atomic E-state index is 0. The highest BCUT2D eigenvalue weighted by atomic mass is 35.5. The van der Waals surface area contributed by atoms with Crippen molar-refractivity contribution in [2.75, 3.05) is 26.2 Å². The SMILES string of the molecule is Cl.Cl.NC[C@H]1CC[C@@H](C(=O)NCC(c2cccc(Cl)c2)N2CCCC2)O1. The van der Waals surface area contributed by atoms with Gasteiger partial charge in [-0.25, -0.2) is 0 Å². The topological polar surface area (TPSA) is 67.6 Å². The van der Waals surface area contributed by atoms with Gasteiger partial charge in [-0.1, -0.05) is 23.7 Å². The van der Waals surface area contributed by atoms with Crippen molar-refractivity contribution in [1.82, 2.24) is 10.2 Å². The number of nitrogens with one attached hydrogen (secondary N) is 1. The minimum Gasteiger partial charge on any atom is -0.364 e. The van der Waals surface area contributed by atoms with Crippen molar-refractivity contribution in [3.63, 3.8) is 0 Å². The zero-order chi connectivity index (χ0) is 16.9. The number of benzene rings is 1. The number of hydrogen-bond donors (Lipinski definition) is 2. The Balaban J connectivity index is 0.00000169. The molecule has 1 amide bonds. The maximum atomic E-state index is 12.4. The van der Waals surface area contributed by atoms with Gasteiger partial charge in [0.05, 0.1) is 12.1 Å². The van der Waals surface area contributed by atoms with Crippen LogP contribution in [-0.2, 0) is 9.53 Å². The Morgan fingerprint density at radius 2 is 2.04 bits per heavy atom. The maximum Gasteiger partial charge on any atom is 0.249 e. The average molecular weight is 425 g/mol. The fraction of sp³-hybridized carbons (Fsp3) is 0.611. The fourth-order valence-corrected chi connectivity index (χ4v) is 3.81. The summed E-state index contributed by atoms with van der Waals surface area (Å²) in [5.41, 5.74) is 6.77. The smallest absolute Gasteiger partial charge is 0.249 e. The Bertz CT molecular complexity index is 570. The molecule has 2 saturated heterocycles. The molecule has 0 saturated carbocycles. The van der Waals surface area contributed by atoms with Crippen molar-refractivity contribution in [1.29, 1.82) is 0 Å². The summed E-state index contributed by atoms with van der Waals surface area (Å²) in [6.45, 7) is 3.17. The molecule has 1 unspecified atom stereocenters. The van der Waals surface area contributed by atoms with E-state index >= 15 is 0 Å². The molecule has 3 rings (SSSR count). The second-order valence-corrected chi connectivity index (χ2v) is 7.06. The highest BCUT2D eigenvalue weighted by Gasteiger charge is 2.31. The van der Waals surface area contributed by atoms with E-state index in [1.165, 1.54) is 12.8 Å². The number of carbonyl (C=O) groups excluding carboxylic acids is 1. The van der Waals surface area contributed by atoms with Gasteiger partial charge in [0, 0.05) is 18.1 Å². The third-order valence-electron chi connectivity index (χ3n) is 4.95. The van der Waals surface area contributed by atoms with Crippen molar-refractivity contribution >= 4 is 42.3 Å². The lowest BCUT2D eigenvalue weighted by atomic mass is 10.1. The molecule has 2 aliphatic rings. The van der Waals surface area contributed by atoms with Crippen LogP contribution in [0, 0.1) is 0 Å². The first-order valence-electron chi connectivity index (χ1n) is 8.80. The molecule has 2 heterocycles. The number of rotatable bonds is 6. The normalized spacial score (nSPS) is 23.8. The zero-order valence-electron chi connectivity index (χ0n) is 14.7. The summed E-state index contributed by atoms with van der Waals surface area (Å²) in [5.74, 6) is -0.0304. The first-order chi connectivity index (χ1) is 11.7. The van der Waals surface area contributed by atoms with E-state index in [4.69, 9.17) is 22.1 Å². The van der Waals surface area contributed by atoms with Gasteiger partial charge in [0.15, 0.2) is 0 Å². The van der Waals surface area contributed by atoms with Gasteiger partial charge in [0.2, 0.25) is 5.91 Å². The molecule has 1 aromatic carbocycles. The first kappa shape index (κ1) is 23.5. The third-order valence-corrected chi connectivity index (χ3v) is 5.18. The van der Waals surface area contributed by atoms with Crippen LogP contribution >= 0.6 is 36.4 Å². The highest BCUT2D eigenvalue weighted by Crippen LogP contribution is 2.27. The summed E-state index contributed by atoms with van der Waals surface area (Å²) in [7, 11) is 0. The predicted molar refractivity (Wildman–Crippen MR) is 109 cm³/mol. The monoisotopic (exact) mass is 423 g/mol. The maximum absolute atomic E-state index is 12.4. The van der Waals surface area contributed by atoms with Crippen LogP contribution in [0.5, 0.6) is 0 Å². The van der Waals surface area contributed by atoms with E-state index in [1.807, 2.05) is 18.2 Å². The van der Waals surface area contributed by atoms with Crippen LogP contribution < -0.4 is 11.1 Å². The molecule has 0 aliphatic carbocycles. The van der Waals surface area contributed by atoms with Crippen LogP contribution in [0.4, 0.5) is 0 Å². The van der Waals surface area contributed by atoms with Crippen LogP contribution in [0.3, 0.4) is 0 Å². The number of likely N-dealkylation sites (tertiary alicyclic amines) is 1. The quantitative estimate of drug-likeness (QED) is 0.737.